The number of carbonyl (C=O) groups is 1. The van der Waals surface area contributed by atoms with Crippen LogP contribution in [0.2, 0.25) is 0 Å². The van der Waals surface area contributed by atoms with E-state index in [1.165, 1.54) is 10.9 Å². The minimum absolute atomic E-state index is 0.0983. The second-order valence-electron chi connectivity index (χ2n) is 6.91. The summed E-state index contributed by atoms with van der Waals surface area (Å²) in [5.74, 6) is 1.11. The van der Waals surface area contributed by atoms with E-state index < -0.39 is 0 Å². The average molecular weight is 363 g/mol. The molecule has 1 fully saturated rings. The Balaban J connectivity index is 1.20. The minimum atomic E-state index is 0.0983. The molecule has 3 aromatic rings. The Morgan fingerprint density at radius 2 is 1.89 bits per heavy atom. The van der Waals surface area contributed by atoms with Crippen LogP contribution in [0.5, 0.6) is 0 Å². The molecule has 1 aliphatic heterocycles. The van der Waals surface area contributed by atoms with Gasteiger partial charge in [0.05, 0.1) is 6.54 Å². The van der Waals surface area contributed by atoms with Crippen LogP contribution < -0.4 is 10.2 Å². The van der Waals surface area contributed by atoms with Gasteiger partial charge in [-0.25, -0.2) is 4.98 Å². The molecule has 1 aliphatic rings. The molecule has 1 aromatic carbocycles. The van der Waals surface area contributed by atoms with Gasteiger partial charge in [-0.1, -0.05) is 24.3 Å². The standard InChI is InChI=1S/C21H25N5O/c27-21(23-10-8-17-15-24-19-6-2-1-5-18(17)19)16-25-11-13-26(14-12-25)20-7-3-4-9-22-20/h1-7,9,15,24H,8,10-14,16H2,(H,23,27). The Morgan fingerprint density at radius 3 is 2.70 bits per heavy atom. The molecule has 2 N–H and O–H groups in total. The average Bonchev–Trinajstić information content (AvgIpc) is 3.12. The van der Waals surface area contributed by atoms with Crippen molar-refractivity contribution in [2.75, 3.05) is 44.2 Å². The van der Waals surface area contributed by atoms with Gasteiger partial charge in [0.2, 0.25) is 5.91 Å². The molecule has 0 radical (unpaired) electrons. The summed E-state index contributed by atoms with van der Waals surface area (Å²) in [6, 6.07) is 14.2. The van der Waals surface area contributed by atoms with E-state index in [9.17, 15) is 4.79 Å². The SMILES string of the molecule is O=C(CN1CCN(c2ccccn2)CC1)NCCc1c[nH]c2ccccc12. The van der Waals surface area contributed by atoms with Crippen molar-refractivity contribution >= 4 is 22.6 Å². The van der Waals surface area contributed by atoms with Gasteiger partial charge in [-0.3, -0.25) is 9.69 Å². The van der Waals surface area contributed by atoms with Crippen LogP contribution in [-0.2, 0) is 11.2 Å². The Hall–Kier alpha value is -2.86. The molecule has 0 atom stereocenters. The first kappa shape index (κ1) is 17.5. The molecule has 0 unspecified atom stereocenters. The number of aromatic nitrogens is 2. The second kappa shape index (κ2) is 8.22. The summed E-state index contributed by atoms with van der Waals surface area (Å²) >= 11 is 0. The van der Waals surface area contributed by atoms with E-state index >= 15 is 0 Å². The van der Waals surface area contributed by atoms with Crippen molar-refractivity contribution in [3.63, 3.8) is 0 Å². The number of H-pyrrole nitrogens is 1. The third-order valence-electron chi connectivity index (χ3n) is 5.10. The maximum atomic E-state index is 12.3. The molecule has 2 aromatic heterocycles. The van der Waals surface area contributed by atoms with Gasteiger partial charge in [-0.2, -0.15) is 0 Å². The quantitative estimate of drug-likeness (QED) is 0.704. The number of carbonyl (C=O) groups excluding carboxylic acids is 1. The van der Waals surface area contributed by atoms with Gasteiger partial charge in [-0.05, 0) is 30.2 Å². The number of benzene rings is 1. The zero-order valence-electron chi connectivity index (χ0n) is 15.4. The fourth-order valence-electron chi connectivity index (χ4n) is 3.61. The summed E-state index contributed by atoms with van der Waals surface area (Å²) in [6.07, 6.45) is 4.69. The van der Waals surface area contributed by atoms with Crippen molar-refractivity contribution in [2.45, 2.75) is 6.42 Å². The molecule has 0 saturated carbocycles. The van der Waals surface area contributed by atoms with Crippen molar-refractivity contribution < 1.29 is 4.79 Å². The Labute approximate surface area is 159 Å². The molecular weight excluding hydrogens is 338 g/mol. The molecule has 0 spiro atoms. The first-order valence-electron chi connectivity index (χ1n) is 9.49. The van der Waals surface area contributed by atoms with Crippen LogP contribution in [0.25, 0.3) is 10.9 Å². The zero-order valence-corrected chi connectivity index (χ0v) is 15.4. The number of para-hydroxylation sites is 1. The lowest BCUT2D eigenvalue weighted by Crippen LogP contribution is -2.49. The second-order valence-corrected chi connectivity index (χ2v) is 6.91. The van der Waals surface area contributed by atoms with Gasteiger partial charge < -0.3 is 15.2 Å². The summed E-state index contributed by atoms with van der Waals surface area (Å²) in [6.45, 7) is 4.69. The molecule has 6 nitrogen and oxygen atoms in total. The van der Waals surface area contributed by atoms with Crippen molar-refractivity contribution in [2.24, 2.45) is 0 Å². The van der Waals surface area contributed by atoms with Gasteiger partial charge in [-0.15, -0.1) is 0 Å². The predicted molar refractivity (Wildman–Crippen MR) is 108 cm³/mol. The highest BCUT2D eigenvalue weighted by Gasteiger charge is 2.19. The lowest BCUT2D eigenvalue weighted by molar-refractivity contribution is -0.122. The number of rotatable bonds is 6. The molecule has 6 heteroatoms. The Kier molecular flexibility index (Phi) is 5.34. The highest BCUT2D eigenvalue weighted by molar-refractivity contribution is 5.83. The summed E-state index contributed by atoms with van der Waals surface area (Å²) < 4.78 is 0. The van der Waals surface area contributed by atoms with Crippen LogP contribution in [0.15, 0.2) is 54.9 Å². The molecule has 0 bridgehead atoms. The van der Waals surface area contributed by atoms with Crippen LogP contribution >= 0.6 is 0 Å². The summed E-state index contributed by atoms with van der Waals surface area (Å²) in [4.78, 5) is 24.4. The lowest BCUT2D eigenvalue weighted by Gasteiger charge is -2.34. The highest BCUT2D eigenvalue weighted by atomic mass is 16.2. The van der Waals surface area contributed by atoms with Gasteiger partial charge in [0.15, 0.2) is 0 Å². The minimum Gasteiger partial charge on any atom is -0.361 e. The molecule has 3 heterocycles. The zero-order chi connectivity index (χ0) is 18.5. The van der Waals surface area contributed by atoms with E-state index in [0.29, 0.717) is 13.1 Å². The van der Waals surface area contributed by atoms with Gasteiger partial charge in [0.1, 0.15) is 5.82 Å². The summed E-state index contributed by atoms with van der Waals surface area (Å²) in [5.41, 5.74) is 2.39. The van der Waals surface area contributed by atoms with Crippen LogP contribution in [0.3, 0.4) is 0 Å². The molecule has 1 saturated heterocycles. The van der Waals surface area contributed by atoms with Crippen molar-refractivity contribution in [3.8, 4) is 0 Å². The van der Waals surface area contributed by atoms with E-state index in [1.54, 1.807) is 0 Å². The molecule has 0 aliphatic carbocycles. The molecule has 140 valence electrons. The number of hydrogen-bond acceptors (Lipinski definition) is 4. The van der Waals surface area contributed by atoms with Gasteiger partial charge in [0.25, 0.3) is 0 Å². The van der Waals surface area contributed by atoms with Crippen molar-refractivity contribution in [1.29, 1.82) is 0 Å². The summed E-state index contributed by atoms with van der Waals surface area (Å²) in [7, 11) is 0. The Bertz CT molecular complexity index is 884. The number of amides is 1. The van der Waals surface area contributed by atoms with E-state index in [2.05, 4.69) is 37.2 Å². The maximum Gasteiger partial charge on any atom is 0.234 e. The van der Waals surface area contributed by atoms with E-state index in [4.69, 9.17) is 0 Å². The number of nitrogens with one attached hydrogen (secondary N) is 2. The molecule has 1 amide bonds. The lowest BCUT2D eigenvalue weighted by atomic mass is 10.1. The Morgan fingerprint density at radius 1 is 1.07 bits per heavy atom. The number of hydrogen-bond donors (Lipinski definition) is 2. The number of piperazine rings is 1. The highest BCUT2D eigenvalue weighted by Crippen LogP contribution is 2.17. The fraction of sp³-hybridized carbons (Fsp3) is 0.333. The number of fused-ring (bicyclic) bond motifs is 1. The molecule has 27 heavy (non-hydrogen) atoms. The molecule has 4 rings (SSSR count). The van der Waals surface area contributed by atoms with Crippen LogP contribution in [0.4, 0.5) is 5.82 Å². The monoisotopic (exact) mass is 363 g/mol. The summed E-state index contributed by atoms with van der Waals surface area (Å²) in [5, 5.41) is 4.29. The van der Waals surface area contributed by atoms with Crippen molar-refractivity contribution in [3.05, 3.63) is 60.4 Å². The first-order valence-corrected chi connectivity index (χ1v) is 9.49. The fourth-order valence-corrected chi connectivity index (χ4v) is 3.61. The van der Waals surface area contributed by atoms with Crippen LogP contribution in [0, 0.1) is 0 Å². The van der Waals surface area contributed by atoms with Gasteiger partial charge in [0, 0.05) is 56.0 Å². The third kappa shape index (κ3) is 4.28. The predicted octanol–water partition coefficient (Wildman–Crippen LogP) is 2.04. The smallest absolute Gasteiger partial charge is 0.234 e. The maximum absolute atomic E-state index is 12.3. The van der Waals surface area contributed by atoms with Crippen LogP contribution in [0.1, 0.15) is 5.56 Å². The van der Waals surface area contributed by atoms with E-state index in [0.717, 1.165) is 43.9 Å². The van der Waals surface area contributed by atoms with E-state index in [1.807, 2.05) is 42.7 Å². The molecular formula is C21H25N5O. The number of pyridine rings is 1. The topological polar surface area (TPSA) is 64.3 Å². The van der Waals surface area contributed by atoms with E-state index in [-0.39, 0.29) is 5.91 Å². The van der Waals surface area contributed by atoms with Gasteiger partial charge >= 0.3 is 0 Å². The van der Waals surface area contributed by atoms with Crippen LogP contribution in [-0.4, -0.2) is 60.0 Å². The number of anilines is 1. The third-order valence-corrected chi connectivity index (χ3v) is 5.10. The number of nitrogens with zero attached hydrogens (tertiary/aromatic N) is 3. The van der Waals surface area contributed by atoms with Crippen molar-refractivity contribution in [1.82, 2.24) is 20.2 Å². The normalized spacial score (nSPS) is 15.2. The number of aromatic amines is 1. The largest absolute Gasteiger partial charge is 0.361 e. The first-order chi connectivity index (χ1) is 13.3.